The van der Waals surface area contributed by atoms with Gasteiger partial charge in [-0.15, -0.1) is 0 Å². The van der Waals surface area contributed by atoms with Crippen LogP contribution in [0.5, 0.6) is 0 Å². The van der Waals surface area contributed by atoms with Gasteiger partial charge in [-0.2, -0.15) is 0 Å². The van der Waals surface area contributed by atoms with Crippen molar-refractivity contribution < 1.29 is 4.79 Å². The second kappa shape index (κ2) is 7.26. The molecule has 1 N–H and O–H groups in total. The average molecular weight is 308 g/mol. The van der Waals surface area contributed by atoms with E-state index in [1.54, 1.807) is 18.3 Å². The Hall–Kier alpha value is -1.59. The number of halogens is 1. The van der Waals surface area contributed by atoms with Crippen LogP contribution in [0.4, 0.5) is 5.82 Å². The summed E-state index contributed by atoms with van der Waals surface area (Å²) in [6.45, 7) is 1.97. The van der Waals surface area contributed by atoms with Crippen LogP contribution in [0.15, 0.2) is 47.8 Å². The summed E-state index contributed by atoms with van der Waals surface area (Å²) in [4.78, 5) is 20.5. The van der Waals surface area contributed by atoms with Crippen molar-refractivity contribution in [1.82, 2.24) is 9.97 Å². The molecule has 104 valence electrons. The third-order valence-corrected chi connectivity index (χ3v) is 4.08. The molecule has 2 heterocycles. The fourth-order valence-electron chi connectivity index (χ4n) is 1.54. The minimum absolute atomic E-state index is 0.0852. The van der Waals surface area contributed by atoms with Gasteiger partial charge in [0, 0.05) is 12.4 Å². The van der Waals surface area contributed by atoms with Crippen LogP contribution in [0.2, 0.25) is 5.02 Å². The molecular formula is C14H14ClN3OS. The van der Waals surface area contributed by atoms with Crippen molar-refractivity contribution in [2.45, 2.75) is 23.6 Å². The topological polar surface area (TPSA) is 54.9 Å². The Morgan fingerprint density at radius 2 is 2.20 bits per heavy atom. The lowest BCUT2D eigenvalue weighted by Gasteiger charge is -2.13. The number of thioether (sulfide) groups is 1. The molecule has 0 saturated carbocycles. The van der Waals surface area contributed by atoms with Crippen LogP contribution in [0.25, 0.3) is 0 Å². The summed E-state index contributed by atoms with van der Waals surface area (Å²) in [6, 6.07) is 9.01. The highest BCUT2D eigenvalue weighted by Crippen LogP contribution is 2.24. The predicted octanol–water partition coefficient (Wildman–Crippen LogP) is 3.64. The fraction of sp³-hybridized carbons (Fsp3) is 0.214. The minimum Gasteiger partial charge on any atom is -0.310 e. The number of anilines is 1. The van der Waals surface area contributed by atoms with E-state index in [0.717, 1.165) is 5.03 Å². The molecule has 0 aromatic carbocycles. The number of amides is 1. The zero-order chi connectivity index (χ0) is 14.4. The molecule has 2 rings (SSSR count). The third kappa shape index (κ3) is 4.21. The molecule has 0 aliphatic heterocycles. The summed E-state index contributed by atoms with van der Waals surface area (Å²) in [5, 5.41) is 3.95. The van der Waals surface area contributed by atoms with Crippen molar-refractivity contribution in [3.05, 3.63) is 47.7 Å². The Balaban J connectivity index is 2.00. The number of nitrogens with zero attached hydrogens (tertiary/aromatic N) is 2. The van der Waals surface area contributed by atoms with Gasteiger partial charge in [-0.25, -0.2) is 9.97 Å². The van der Waals surface area contributed by atoms with Gasteiger partial charge in [0.1, 0.15) is 5.82 Å². The molecule has 1 unspecified atom stereocenters. The number of rotatable bonds is 5. The molecule has 20 heavy (non-hydrogen) atoms. The molecule has 1 amide bonds. The monoisotopic (exact) mass is 307 g/mol. The Labute approximate surface area is 127 Å². The lowest BCUT2D eigenvalue weighted by atomic mass is 10.3. The molecule has 1 atom stereocenters. The van der Waals surface area contributed by atoms with Gasteiger partial charge >= 0.3 is 0 Å². The lowest BCUT2D eigenvalue weighted by Crippen LogP contribution is -2.25. The zero-order valence-corrected chi connectivity index (χ0v) is 12.5. The molecule has 0 fully saturated rings. The van der Waals surface area contributed by atoms with Crippen molar-refractivity contribution in [3.8, 4) is 0 Å². The van der Waals surface area contributed by atoms with Gasteiger partial charge in [-0.3, -0.25) is 4.79 Å². The standard InChI is InChI=1S/C14H14ClN3OS/c1-2-11(20-13-5-3-4-8-16-13)14(19)18-12-7-6-10(15)9-17-12/h3-9,11H,2H2,1H3,(H,17,18,19). The van der Waals surface area contributed by atoms with Crippen molar-refractivity contribution >= 4 is 35.1 Å². The van der Waals surface area contributed by atoms with Gasteiger partial charge in [0.05, 0.1) is 15.3 Å². The minimum atomic E-state index is -0.206. The zero-order valence-electron chi connectivity index (χ0n) is 10.9. The smallest absolute Gasteiger partial charge is 0.239 e. The number of carbonyl (C=O) groups excluding carboxylic acids is 1. The first-order valence-electron chi connectivity index (χ1n) is 6.19. The van der Waals surface area contributed by atoms with Crippen molar-refractivity contribution in [3.63, 3.8) is 0 Å². The van der Waals surface area contributed by atoms with Crippen molar-refractivity contribution in [2.24, 2.45) is 0 Å². The van der Waals surface area contributed by atoms with E-state index in [2.05, 4.69) is 15.3 Å². The lowest BCUT2D eigenvalue weighted by molar-refractivity contribution is -0.115. The van der Waals surface area contributed by atoms with E-state index in [4.69, 9.17) is 11.6 Å². The van der Waals surface area contributed by atoms with Crippen LogP contribution < -0.4 is 5.32 Å². The van der Waals surface area contributed by atoms with E-state index in [1.165, 1.54) is 18.0 Å². The Bertz CT molecular complexity index is 562. The molecular weight excluding hydrogens is 294 g/mol. The first-order chi connectivity index (χ1) is 9.69. The van der Waals surface area contributed by atoms with E-state index in [0.29, 0.717) is 17.3 Å². The maximum Gasteiger partial charge on any atom is 0.239 e. The number of nitrogens with one attached hydrogen (secondary N) is 1. The molecule has 0 aliphatic rings. The molecule has 2 aromatic heterocycles. The normalized spacial score (nSPS) is 11.9. The van der Waals surface area contributed by atoms with Gasteiger partial charge in [-0.1, -0.05) is 36.4 Å². The highest BCUT2D eigenvalue weighted by atomic mass is 35.5. The van der Waals surface area contributed by atoms with Gasteiger partial charge in [-0.05, 0) is 30.7 Å². The van der Waals surface area contributed by atoms with E-state index < -0.39 is 0 Å². The Morgan fingerprint density at radius 1 is 1.35 bits per heavy atom. The average Bonchev–Trinajstić information content (AvgIpc) is 2.48. The first-order valence-corrected chi connectivity index (χ1v) is 7.45. The van der Waals surface area contributed by atoms with Gasteiger partial charge in [0.15, 0.2) is 0 Å². The predicted molar refractivity (Wildman–Crippen MR) is 82.0 cm³/mol. The highest BCUT2D eigenvalue weighted by Gasteiger charge is 2.18. The van der Waals surface area contributed by atoms with Crippen LogP contribution in [0, 0.1) is 0 Å². The largest absolute Gasteiger partial charge is 0.310 e. The Kier molecular flexibility index (Phi) is 5.38. The number of pyridine rings is 2. The maximum absolute atomic E-state index is 12.2. The van der Waals surface area contributed by atoms with E-state index >= 15 is 0 Å². The van der Waals surface area contributed by atoms with Crippen LogP contribution in [-0.4, -0.2) is 21.1 Å². The molecule has 0 radical (unpaired) electrons. The summed E-state index contributed by atoms with van der Waals surface area (Å²) < 4.78 is 0. The second-order valence-corrected chi connectivity index (χ2v) is 5.69. The molecule has 0 spiro atoms. The number of carbonyl (C=O) groups is 1. The molecule has 0 bridgehead atoms. The molecule has 6 heteroatoms. The van der Waals surface area contributed by atoms with Gasteiger partial charge in [0.2, 0.25) is 5.91 Å². The van der Waals surface area contributed by atoms with E-state index in [1.807, 2.05) is 25.1 Å². The fourth-order valence-corrected chi connectivity index (χ4v) is 2.56. The van der Waals surface area contributed by atoms with Gasteiger partial charge < -0.3 is 5.32 Å². The number of aromatic nitrogens is 2. The third-order valence-electron chi connectivity index (χ3n) is 2.54. The highest BCUT2D eigenvalue weighted by molar-refractivity contribution is 8.00. The molecule has 4 nitrogen and oxygen atoms in total. The maximum atomic E-state index is 12.2. The summed E-state index contributed by atoms with van der Waals surface area (Å²) in [6.07, 6.45) is 3.93. The van der Waals surface area contributed by atoms with Gasteiger partial charge in [0.25, 0.3) is 0 Å². The number of hydrogen-bond donors (Lipinski definition) is 1. The quantitative estimate of drug-likeness (QED) is 0.857. The molecule has 2 aromatic rings. The molecule has 0 saturated heterocycles. The summed E-state index contributed by atoms with van der Waals surface area (Å²) in [7, 11) is 0. The number of hydrogen-bond acceptors (Lipinski definition) is 4. The second-order valence-electron chi connectivity index (χ2n) is 4.03. The summed E-state index contributed by atoms with van der Waals surface area (Å²) in [5.41, 5.74) is 0. The van der Waals surface area contributed by atoms with Crippen LogP contribution in [0.1, 0.15) is 13.3 Å². The van der Waals surface area contributed by atoms with Crippen LogP contribution in [0.3, 0.4) is 0 Å². The van der Waals surface area contributed by atoms with Crippen LogP contribution >= 0.6 is 23.4 Å². The first kappa shape index (κ1) is 14.8. The SMILES string of the molecule is CCC(Sc1ccccn1)C(=O)Nc1ccc(Cl)cn1. The van der Waals surface area contributed by atoms with E-state index in [9.17, 15) is 4.79 Å². The Morgan fingerprint density at radius 3 is 2.80 bits per heavy atom. The van der Waals surface area contributed by atoms with Crippen molar-refractivity contribution in [2.75, 3.05) is 5.32 Å². The van der Waals surface area contributed by atoms with Crippen LogP contribution in [-0.2, 0) is 4.79 Å². The van der Waals surface area contributed by atoms with E-state index in [-0.39, 0.29) is 11.2 Å². The summed E-state index contributed by atoms with van der Waals surface area (Å²) in [5.74, 6) is 0.414. The summed E-state index contributed by atoms with van der Waals surface area (Å²) >= 11 is 7.20. The molecule has 0 aliphatic carbocycles. The van der Waals surface area contributed by atoms with Crippen molar-refractivity contribution in [1.29, 1.82) is 0 Å².